The van der Waals surface area contributed by atoms with Gasteiger partial charge in [0.2, 0.25) is 0 Å². The van der Waals surface area contributed by atoms with Crippen LogP contribution in [0.1, 0.15) is 10.4 Å². The molecule has 0 fully saturated rings. The average Bonchev–Trinajstić information content (AvgIpc) is 2.57. The Hall–Kier alpha value is -1.20. The number of carboxylic acids is 1. The van der Waals surface area contributed by atoms with Gasteiger partial charge in [0.15, 0.2) is 0 Å². The minimum absolute atomic E-state index is 0.0671. The Morgan fingerprint density at radius 1 is 0.667 bits per heavy atom. The molecule has 3 aromatic rings. The van der Waals surface area contributed by atoms with E-state index in [0.717, 1.165) is 52.2 Å². The molecule has 0 aromatic heterocycles. The van der Waals surface area contributed by atoms with Crippen molar-refractivity contribution < 1.29 is 67.3 Å². The van der Waals surface area contributed by atoms with Gasteiger partial charge in [0.1, 0.15) is 11.3 Å². The van der Waals surface area contributed by atoms with Gasteiger partial charge >= 0.3 is 125 Å². The van der Waals surface area contributed by atoms with Crippen LogP contribution in [0.25, 0.3) is 0 Å². The third-order valence-electron chi connectivity index (χ3n) is 2.82. The van der Waals surface area contributed by atoms with Crippen molar-refractivity contribution in [1.29, 1.82) is 0 Å². The molecular weight excluding hydrogens is 677 g/mol. The van der Waals surface area contributed by atoms with Gasteiger partial charge in [-0.2, -0.15) is 0 Å². The number of aromatic hydroxyl groups is 1. The summed E-state index contributed by atoms with van der Waals surface area (Å²) in [5.41, 5.74) is -0.0671. The molecule has 24 heavy (non-hydrogen) atoms. The number of phenols is 1. The zero-order valence-corrected chi connectivity index (χ0v) is 24.3. The zero-order valence-electron chi connectivity index (χ0n) is 13.3. The van der Waals surface area contributed by atoms with E-state index < -0.39 is 5.97 Å². The Morgan fingerprint density at radius 3 is 1.29 bits per heavy atom. The summed E-state index contributed by atoms with van der Waals surface area (Å²) in [6, 6.07) is 26.9. The number of benzene rings is 3. The van der Waals surface area contributed by atoms with Crippen molar-refractivity contribution >= 4 is 12.1 Å². The van der Waals surface area contributed by atoms with Crippen LogP contribution in [0, 0.1) is 0 Å². The Balaban J connectivity index is 0.000000185. The second kappa shape index (κ2) is 12.2. The molecule has 0 heterocycles. The van der Waals surface area contributed by atoms with E-state index in [1.54, 1.807) is 12.1 Å². The number of hydrogen-bond donors (Lipinski definition) is 2. The van der Waals surface area contributed by atoms with Crippen LogP contribution in [0.4, 0.5) is 0 Å². The molecule has 0 aliphatic heterocycles. The molecule has 0 amide bonds. The molecule has 3 aromatic carbocycles. The molecule has 0 aliphatic rings. The van der Waals surface area contributed by atoms with Gasteiger partial charge in [-0.15, -0.1) is 0 Å². The van der Waals surface area contributed by atoms with Crippen LogP contribution >= 0.6 is 0 Å². The van der Waals surface area contributed by atoms with Gasteiger partial charge < -0.3 is 10.2 Å². The number of carboxylic acid groups (broad SMARTS) is 1. The predicted molar refractivity (Wildman–Crippen MR) is 87.2 cm³/mol. The molecule has 0 saturated carbocycles. The molecule has 0 spiro atoms. The summed E-state index contributed by atoms with van der Waals surface area (Å²) in [6.07, 6.45) is 0. The van der Waals surface area contributed by atoms with E-state index in [1.807, 2.05) is 0 Å². The van der Waals surface area contributed by atoms with Crippen molar-refractivity contribution in [3.63, 3.8) is 0 Å². The Labute approximate surface area is 174 Å². The fourth-order valence-electron chi connectivity index (χ4n) is 1.61. The van der Waals surface area contributed by atoms with Gasteiger partial charge in [-0.05, 0) is 12.1 Å². The molecule has 0 bridgehead atoms. The van der Waals surface area contributed by atoms with E-state index in [2.05, 4.69) is 60.7 Å². The SMILES string of the molecule is O=C(O)c1ccccc1O.[Hg][c]1ccccc1.[Hg][c]1ccccc1. The fourth-order valence-corrected chi connectivity index (χ4v) is 3.73. The van der Waals surface area contributed by atoms with Crippen LogP contribution in [0.3, 0.4) is 0 Å². The topological polar surface area (TPSA) is 57.5 Å². The summed E-state index contributed by atoms with van der Waals surface area (Å²) in [4.78, 5) is 10.3. The summed E-state index contributed by atoms with van der Waals surface area (Å²) in [5.74, 6) is -1.31. The second-order valence-corrected chi connectivity index (χ2v) is 11.1. The summed E-state index contributed by atoms with van der Waals surface area (Å²) < 4.78 is 3.03. The first-order valence-electron chi connectivity index (χ1n) is 7.26. The van der Waals surface area contributed by atoms with E-state index in [-0.39, 0.29) is 11.3 Å². The number of aromatic carboxylic acids is 1. The summed E-state index contributed by atoms with van der Waals surface area (Å²) >= 11 is 1.62. The van der Waals surface area contributed by atoms with E-state index >= 15 is 0 Å². The molecule has 0 aliphatic carbocycles. The quantitative estimate of drug-likeness (QED) is 0.386. The Bertz CT molecular complexity index is 694. The molecule has 5 heteroatoms. The number of rotatable bonds is 1. The number of carbonyl (C=O) groups is 1. The third-order valence-corrected chi connectivity index (χ3v) is 6.49. The van der Waals surface area contributed by atoms with Crippen molar-refractivity contribution in [2.45, 2.75) is 0 Å². The maximum absolute atomic E-state index is 10.3. The van der Waals surface area contributed by atoms with Gasteiger partial charge in [0, 0.05) is 0 Å². The van der Waals surface area contributed by atoms with E-state index in [1.165, 1.54) is 18.3 Å². The zero-order chi connectivity index (χ0) is 17.8. The van der Waals surface area contributed by atoms with Gasteiger partial charge in [-0.25, -0.2) is 4.79 Å². The van der Waals surface area contributed by atoms with Gasteiger partial charge in [-0.3, -0.25) is 0 Å². The van der Waals surface area contributed by atoms with Crippen molar-refractivity contribution in [3.05, 3.63) is 90.5 Å². The standard InChI is InChI=1S/C7H6O3.2C6H5.2Hg/c8-6-4-2-1-3-5(6)7(9)10;2*1-2-4-6-5-3-1;;/h1-4,8H,(H,9,10);2*1-5H;;. The van der Waals surface area contributed by atoms with Crippen LogP contribution in [-0.4, -0.2) is 16.2 Å². The molecule has 114 valence electrons. The van der Waals surface area contributed by atoms with Crippen molar-refractivity contribution in [3.8, 4) is 5.75 Å². The van der Waals surface area contributed by atoms with Crippen LogP contribution in [0.2, 0.25) is 0 Å². The summed E-state index contributed by atoms with van der Waals surface area (Å²) in [6.45, 7) is 0. The van der Waals surface area contributed by atoms with Gasteiger partial charge in [-0.1, -0.05) is 12.1 Å². The monoisotopic (exact) mass is 696 g/mol. The fraction of sp³-hybridized carbons (Fsp3) is 0. The van der Waals surface area contributed by atoms with Crippen molar-refractivity contribution in [2.24, 2.45) is 0 Å². The molecule has 2 N–H and O–H groups in total. The third kappa shape index (κ3) is 9.18. The molecule has 3 rings (SSSR count). The van der Waals surface area contributed by atoms with Crippen molar-refractivity contribution in [1.82, 2.24) is 0 Å². The van der Waals surface area contributed by atoms with Gasteiger partial charge in [0.05, 0.1) is 0 Å². The number of hydrogen-bond acceptors (Lipinski definition) is 2. The Morgan fingerprint density at radius 2 is 1.04 bits per heavy atom. The summed E-state index contributed by atoms with van der Waals surface area (Å²) in [5, 5.41) is 17.3. The number of para-hydroxylation sites is 1. The maximum atomic E-state index is 10.3. The molecular formula is C19H16Hg2O3. The van der Waals surface area contributed by atoms with E-state index in [0.29, 0.717) is 0 Å². The van der Waals surface area contributed by atoms with Crippen LogP contribution in [0.5, 0.6) is 5.75 Å². The van der Waals surface area contributed by atoms with Crippen LogP contribution in [0.15, 0.2) is 84.9 Å². The van der Waals surface area contributed by atoms with E-state index in [9.17, 15) is 4.79 Å². The second-order valence-electron chi connectivity index (χ2n) is 4.79. The van der Waals surface area contributed by atoms with Crippen LogP contribution in [-0.2, 0) is 52.2 Å². The normalized spacial score (nSPS) is 9.00. The first kappa shape index (κ1) is 20.8. The molecule has 0 unspecified atom stereocenters. The predicted octanol–water partition coefficient (Wildman–Crippen LogP) is 2.81. The first-order valence-corrected chi connectivity index (χ1v) is 12.8. The van der Waals surface area contributed by atoms with Gasteiger partial charge in [0.25, 0.3) is 0 Å². The molecule has 0 saturated heterocycles. The Kier molecular flexibility index (Phi) is 10.6. The summed E-state index contributed by atoms with van der Waals surface area (Å²) in [7, 11) is 0. The first-order chi connectivity index (χ1) is 11.5. The molecule has 0 atom stereocenters. The van der Waals surface area contributed by atoms with Crippen molar-refractivity contribution in [2.75, 3.05) is 0 Å². The molecule has 0 radical (unpaired) electrons. The van der Waals surface area contributed by atoms with Crippen LogP contribution < -0.4 is 6.14 Å². The molecule has 3 nitrogen and oxygen atoms in total. The average molecular weight is 694 g/mol. The van der Waals surface area contributed by atoms with E-state index in [4.69, 9.17) is 10.2 Å². The minimum atomic E-state index is -1.11.